The molecule has 0 radical (unpaired) electrons. The first-order valence-corrected chi connectivity index (χ1v) is 6.81. The molecule has 6 heteroatoms. The zero-order chi connectivity index (χ0) is 15.2. The van der Waals surface area contributed by atoms with Gasteiger partial charge in [0.25, 0.3) is 0 Å². The second-order valence-electron chi connectivity index (χ2n) is 5.66. The van der Waals surface area contributed by atoms with Crippen molar-refractivity contribution in [2.75, 3.05) is 13.1 Å². The van der Waals surface area contributed by atoms with E-state index in [0.29, 0.717) is 24.5 Å². The molecule has 0 aliphatic heterocycles. The van der Waals surface area contributed by atoms with Crippen molar-refractivity contribution in [3.05, 3.63) is 35.4 Å². The first-order chi connectivity index (χ1) is 9.30. The van der Waals surface area contributed by atoms with Crippen molar-refractivity contribution in [2.45, 2.75) is 39.7 Å². The second kappa shape index (κ2) is 9.17. The van der Waals surface area contributed by atoms with Gasteiger partial charge in [0.1, 0.15) is 11.6 Å². The van der Waals surface area contributed by atoms with Gasteiger partial charge in [-0.2, -0.15) is 0 Å². The number of guanidine groups is 1. The summed E-state index contributed by atoms with van der Waals surface area (Å²) >= 11 is 0. The van der Waals surface area contributed by atoms with Gasteiger partial charge in [0, 0.05) is 24.7 Å². The minimum Gasteiger partial charge on any atom is -0.357 e. The fourth-order valence-corrected chi connectivity index (χ4v) is 1.71. The Balaban J connectivity index is 0.00000400. The van der Waals surface area contributed by atoms with E-state index in [1.165, 1.54) is 12.1 Å². The number of nitrogens with one attached hydrogen (secondary N) is 2. The lowest BCUT2D eigenvalue weighted by atomic mass is 10.1. The molecule has 0 fully saturated rings. The molecule has 1 aromatic carbocycles. The summed E-state index contributed by atoms with van der Waals surface area (Å²) in [5.74, 6) is -0.399. The zero-order valence-corrected chi connectivity index (χ0v) is 15.3. The Morgan fingerprint density at radius 2 is 1.71 bits per heavy atom. The normalized spacial score (nSPS) is 11.8. The summed E-state index contributed by atoms with van der Waals surface area (Å²) in [4.78, 5) is 4.40. The SMILES string of the molecule is CCNC(=NCCc1cc(F)cc(F)c1)NC(C)(C)C.I. The van der Waals surface area contributed by atoms with Gasteiger partial charge >= 0.3 is 0 Å². The van der Waals surface area contributed by atoms with E-state index in [0.717, 1.165) is 12.6 Å². The fraction of sp³-hybridized carbons (Fsp3) is 0.533. The molecule has 1 rings (SSSR count). The molecule has 2 N–H and O–H groups in total. The van der Waals surface area contributed by atoms with Crippen LogP contribution in [0, 0.1) is 11.6 Å². The molecule has 0 saturated heterocycles. The highest BCUT2D eigenvalue weighted by atomic mass is 127. The Morgan fingerprint density at radius 1 is 1.14 bits per heavy atom. The highest BCUT2D eigenvalue weighted by Gasteiger charge is 2.11. The Morgan fingerprint density at radius 3 is 2.19 bits per heavy atom. The number of hydrogen-bond donors (Lipinski definition) is 2. The van der Waals surface area contributed by atoms with Crippen LogP contribution in [0.1, 0.15) is 33.3 Å². The summed E-state index contributed by atoms with van der Waals surface area (Å²) in [7, 11) is 0. The number of hydrogen-bond acceptors (Lipinski definition) is 1. The van der Waals surface area contributed by atoms with E-state index >= 15 is 0 Å². The number of rotatable bonds is 4. The molecule has 0 atom stereocenters. The predicted octanol–water partition coefficient (Wildman–Crippen LogP) is 3.48. The first kappa shape index (κ1) is 20.1. The molecule has 0 bridgehead atoms. The summed E-state index contributed by atoms with van der Waals surface area (Å²) in [6.45, 7) is 9.35. The molecule has 0 spiro atoms. The molecule has 0 unspecified atom stereocenters. The smallest absolute Gasteiger partial charge is 0.191 e. The maximum atomic E-state index is 13.1. The van der Waals surface area contributed by atoms with Crippen molar-refractivity contribution in [1.29, 1.82) is 0 Å². The Labute approximate surface area is 142 Å². The third-order valence-electron chi connectivity index (χ3n) is 2.43. The van der Waals surface area contributed by atoms with E-state index in [2.05, 4.69) is 15.6 Å². The van der Waals surface area contributed by atoms with Gasteiger partial charge in [0.15, 0.2) is 5.96 Å². The summed E-state index contributed by atoms with van der Waals surface area (Å²) in [5.41, 5.74) is 0.518. The molecule has 0 aliphatic carbocycles. The average molecular weight is 411 g/mol. The van der Waals surface area contributed by atoms with E-state index < -0.39 is 11.6 Å². The molecule has 0 saturated carbocycles. The van der Waals surface area contributed by atoms with Crippen molar-refractivity contribution >= 4 is 29.9 Å². The van der Waals surface area contributed by atoms with Crippen LogP contribution in [-0.2, 0) is 6.42 Å². The Kier molecular flexibility index (Phi) is 8.77. The molecule has 120 valence electrons. The van der Waals surface area contributed by atoms with Crippen LogP contribution in [0.4, 0.5) is 8.78 Å². The van der Waals surface area contributed by atoms with Gasteiger partial charge in [-0.05, 0) is 51.8 Å². The van der Waals surface area contributed by atoms with E-state index in [1.54, 1.807) is 0 Å². The molecule has 3 nitrogen and oxygen atoms in total. The number of halogens is 3. The van der Waals surface area contributed by atoms with E-state index in [-0.39, 0.29) is 29.5 Å². The molecule has 0 amide bonds. The van der Waals surface area contributed by atoms with Gasteiger partial charge in [-0.3, -0.25) is 4.99 Å². The van der Waals surface area contributed by atoms with Crippen LogP contribution in [0.3, 0.4) is 0 Å². The van der Waals surface area contributed by atoms with Gasteiger partial charge in [-0.1, -0.05) is 0 Å². The van der Waals surface area contributed by atoms with E-state index in [1.807, 2.05) is 27.7 Å². The van der Waals surface area contributed by atoms with Gasteiger partial charge in [-0.25, -0.2) is 8.78 Å². The Bertz CT molecular complexity index is 450. The lowest BCUT2D eigenvalue weighted by Crippen LogP contribution is -2.47. The summed E-state index contributed by atoms with van der Waals surface area (Å²) in [6.07, 6.45) is 0.495. The number of aliphatic imine (C=N–C) groups is 1. The van der Waals surface area contributed by atoms with Gasteiger partial charge < -0.3 is 10.6 Å². The van der Waals surface area contributed by atoms with E-state index in [9.17, 15) is 8.78 Å². The van der Waals surface area contributed by atoms with Gasteiger partial charge in [0.05, 0.1) is 0 Å². The fourth-order valence-electron chi connectivity index (χ4n) is 1.71. The van der Waals surface area contributed by atoms with Crippen LogP contribution in [0.15, 0.2) is 23.2 Å². The maximum Gasteiger partial charge on any atom is 0.191 e. The van der Waals surface area contributed by atoms with Crippen LogP contribution in [0.2, 0.25) is 0 Å². The maximum absolute atomic E-state index is 13.1. The molecule has 0 aliphatic rings. The quantitative estimate of drug-likeness (QED) is 0.452. The van der Waals surface area contributed by atoms with Crippen LogP contribution in [0.5, 0.6) is 0 Å². The zero-order valence-electron chi connectivity index (χ0n) is 13.0. The Hall–Kier alpha value is -0.920. The van der Waals surface area contributed by atoms with Crippen LogP contribution < -0.4 is 10.6 Å². The van der Waals surface area contributed by atoms with Crippen molar-refractivity contribution in [2.24, 2.45) is 4.99 Å². The monoisotopic (exact) mass is 411 g/mol. The largest absolute Gasteiger partial charge is 0.357 e. The van der Waals surface area contributed by atoms with Gasteiger partial charge in [-0.15, -0.1) is 24.0 Å². The van der Waals surface area contributed by atoms with Crippen LogP contribution in [0.25, 0.3) is 0 Å². The predicted molar refractivity (Wildman–Crippen MR) is 94.3 cm³/mol. The van der Waals surface area contributed by atoms with Crippen molar-refractivity contribution in [1.82, 2.24) is 10.6 Å². The summed E-state index contributed by atoms with van der Waals surface area (Å²) in [6, 6.07) is 3.55. The van der Waals surface area contributed by atoms with E-state index in [4.69, 9.17) is 0 Å². The van der Waals surface area contributed by atoms with Gasteiger partial charge in [0.2, 0.25) is 0 Å². The molecule has 21 heavy (non-hydrogen) atoms. The molecule has 0 heterocycles. The van der Waals surface area contributed by atoms with Crippen LogP contribution >= 0.6 is 24.0 Å². The standard InChI is InChI=1S/C15H23F2N3.HI/c1-5-18-14(20-15(2,3)4)19-7-6-11-8-12(16)10-13(17)9-11;/h8-10H,5-7H2,1-4H3,(H2,18,19,20);1H. The second-order valence-corrected chi connectivity index (χ2v) is 5.66. The van der Waals surface area contributed by atoms with Crippen LogP contribution in [-0.4, -0.2) is 24.6 Å². The van der Waals surface area contributed by atoms with Crippen molar-refractivity contribution in [3.63, 3.8) is 0 Å². The average Bonchev–Trinajstić information content (AvgIpc) is 2.25. The lowest BCUT2D eigenvalue weighted by Gasteiger charge is -2.23. The minimum atomic E-state index is -0.552. The number of benzene rings is 1. The first-order valence-electron chi connectivity index (χ1n) is 6.81. The third kappa shape index (κ3) is 8.85. The molecule has 1 aromatic rings. The highest BCUT2D eigenvalue weighted by molar-refractivity contribution is 14.0. The highest BCUT2D eigenvalue weighted by Crippen LogP contribution is 2.08. The summed E-state index contributed by atoms with van der Waals surface area (Å²) in [5, 5.41) is 6.40. The van der Waals surface area contributed by atoms with Crippen molar-refractivity contribution < 1.29 is 8.78 Å². The molecular weight excluding hydrogens is 387 g/mol. The number of nitrogens with zero attached hydrogens (tertiary/aromatic N) is 1. The minimum absolute atomic E-state index is 0. The molecule has 0 aromatic heterocycles. The summed E-state index contributed by atoms with van der Waals surface area (Å²) < 4.78 is 26.1. The van der Waals surface area contributed by atoms with Crippen molar-refractivity contribution in [3.8, 4) is 0 Å². The molecular formula is C15H24F2IN3. The third-order valence-corrected chi connectivity index (χ3v) is 2.43. The lowest BCUT2D eigenvalue weighted by molar-refractivity contribution is 0.501. The topological polar surface area (TPSA) is 36.4 Å².